The van der Waals surface area contributed by atoms with Gasteiger partial charge >= 0.3 is 0 Å². The van der Waals surface area contributed by atoms with E-state index in [0.29, 0.717) is 5.39 Å². The zero-order valence-corrected chi connectivity index (χ0v) is 29.1. The first-order chi connectivity index (χ1) is 26.7. The standard InChI is InChI=1S/C50H31N3O/c54-50-43-16-7-6-15-41(43)45-31-36(39-17-10-18-40-42(39)27-23-35-29-33-11-4-5-12-34(33)30-44(35)40)24-28-47(45)53(50)38-25-21-32(22-26-38)49-51-46-19-8-9-20-48(46)52(49)37-13-2-1-3-14-37/h1-31H. The maximum atomic E-state index is 14.3. The lowest BCUT2D eigenvalue weighted by Crippen LogP contribution is -2.19. The first-order valence-electron chi connectivity index (χ1n) is 18.3. The van der Waals surface area contributed by atoms with Crippen molar-refractivity contribution in [3.05, 3.63) is 198 Å². The van der Waals surface area contributed by atoms with Crippen molar-refractivity contribution in [2.24, 2.45) is 0 Å². The second-order valence-corrected chi connectivity index (χ2v) is 13.9. The molecule has 0 fully saturated rings. The van der Waals surface area contributed by atoms with Crippen LogP contribution in [0.5, 0.6) is 0 Å². The number of fused-ring (bicyclic) bond motifs is 8. The van der Waals surface area contributed by atoms with Gasteiger partial charge in [0.25, 0.3) is 5.56 Å². The molecule has 11 aromatic rings. The summed E-state index contributed by atoms with van der Waals surface area (Å²) in [6.07, 6.45) is 0. The van der Waals surface area contributed by atoms with Crippen molar-refractivity contribution in [1.82, 2.24) is 14.1 Å². The third kappa shape index (κ3) is 4.64. The third-order valence-electron chi connectivity index (χ3n) is 10.9. The highest BCUT2D eigenvalue weighted by atomic mass is 16.1. The predicted molar refractivity (Wildman–Crippen MR) is 225 cm³/mol. The Bertz CT molecular complexity index is 3340. The summed E-state index contributed by atoms with van der Waals surface area (Å²) >= 11 is 0. The molecule has 252 valence electrons. The van der Waals surface area contributed by atoms with E-state index in [9.17, 15) is 4.79 Å². The number of aromatic nitrogens is 3. The molecule has 0 aliphatic rings. The molecular weight excluding hydrogens is 659 g/mol. The molecule has 4 nitrogen and oxygen atoms in total. The Hall–Kier alpha value is -7.30. The Balaban J connectivity index is 1.08. The third-order valence-corrected chi connectivity index (χ3v) is 10.9. The van der Waals surface area contributed by atoms with Crippen LogP contribution in [0.25, 0.3) is 98.9 Å². The van der Waals surface area contributed by atoms with Crippen LogP contribution in [-0.2, 0) is 0 Å². The highest BCUT2D eigenvalue weighted by molar-refractivity contribution is 6.16. The number of para-hydroxylation sites is 3. The monoisotopic (exact) mass is 689 g/mol. The van der Waals surface area contributed by atoms with Crippen molar-refractivity contribution in [3.8, 4) is 33.9 Å². The van der Waals surface area contributed by atoms with Gasteiger partial charge in [-0.1, -0.05) is 109 Å². The van der Waals surface area contributed by atoms with E-state index in [0.717, 1.165) is 61.2 Å². The van der Waals surface area contributed by atoms with Gasteiger partial charge in [0.1, 0.15) is 5.82 Å². The summed E-state index contributed by atoms with van der Waals surface area (Å²) in [5, 5.41) is 10.1. The molecule has 4 heteroatoms. The van der Waals surface area contributed by atoms with Crippen molar-refractivity contribution < 1.29 is 0 Å². The maximum absolute atomic E-state index is 14.3. The highest BCUT2D eigenvalue weighted by Crippen LogP contribution is 2.37. The molecule has 9 aromatic carbocycles. The molecule has 0 aliphatic heterocycles. The van der Waals surface area contributed by atoms with Gasteiger partial charge in [0.05, 0.1) is 16.6 Å². The van der Waals surface area contributed by atoms with Gasteiger partial charge in [0, 0.05) is 27.7 Å². The van der Waals surface area contributed by atoms with Crippen molar-refractivity contribution in [2.75, 3.05) is 0 Å². The van der Waals surface area contributed by atoms with Crippen LogP contribution in [-0.4, -0.2) is 14.1 Å². The normalized spacial score (nSPS) is 11.8. The first-order valence-corrected chi connectivity index (χ1v) is 18.3. The van der Waals surface area contributed by atoms with Gasteiger partial charge in [-0.2, -0.15) is 0 Å². The number of nitrogens with zero attached hydrogens (tertiary/aromatic N) is 3. The summed E-state index contributed by atoms with van der Waals surface area (Å²) in [4.78, 5) is 19.4. The fourth-order valence-corrected chi connectivity index (χ4v) is 8.36. The second-order valence-electron chi connectivity index (χ2n) is 13.9. The lowest BCUT2D eigenvalue weighted by molar-refractivity contribution is 1.06. The molecule has 0 atom stereocenters. The van der Waals surface area contributed by atoms with E-state index < -0.39 is 0 Å². The topological polar surface area (TPSA) is 39.8 Å². The van der Waals surface area contributed by atoms with Gasteiger partial charge in [0.15, 0.2) is 0 Å². The molecule has 0 N–H and O–H groups in total. The van der Waals surface area contributed by atoms with Gasteiger partial charge < -0.3 is 0 Å². The summed E-state index contributed by atoms with van der Waals surface area (Å²) in [6, 6.07) is 65.4. The van der Waals surface area contributed by atoms with E-state index in [4.69, 9.17) is 4.98 Å². The minimum atomic E-state index is -0.0426. The molecule has 0 spiro atoms. The minimum Gasteiger partial charge on any atom is -0.292 e. The number of hydrogen-bond acceptors (Lipinski definition) is 2. The zero-order valence-electron chi connectivity index (χ0n) is 29.1. The molecule has 0 saturated heterocycles. The number of imidazole rings is 1. The van der Waals surface area contributed by atoms with Crippen molar-refractivity contribution in [1.29, 1.82) is 0 Å². The van der Waals surface area contributed by atoms with E-state index in [-0.39, 0.29) is 5.56 Å². The molecule has 0 aliphatic carbocycles. The summed E-state index contributed by atoms with van der Waals surface area (Å²) in [6.45, 7) is 0. The second kappa shape index (κ2) is 11.9. The van der Waals surface area contributed by atoms with Crippen molar-refractivity contribution >= 4 is 65.0 Å². The Morgan fingerprint density at radius 3 is 1.89 bits per heavy atom. The van der Waals surface area contributed by atoms with Crippen molar-refractivity contribution in [3.63, 3.8) is 0 Å². The lowest BCUT2D eigenvalue weighted by Gasteiger charge is -2.16. The van der Waals surface area contributed by atoms with Gasteiger partial charge in [-0.05, 0) is 128 Å². The summed E-state index contributed by atoms with van der Waals surface area (Å²) in [7, 11) is 0. The average Bonchev–Trinajstić information content (AvgIpc) is 3.63. The number of pyridine rings is 1. The van der Waals surface area contributed by atoms with Gasteiger partial charge in [-0.15, -0.1) is 0 Å². The minimum absolute atomic E-state index is 0.0426. The van der Waals surface area contributed by atoms with Crippen LogP contribution in [0.1, 0.15) is 0 Å². The molecule has 2 aromatic heterocycles. The van der Waals surface area contributed by atoms with E-state index in [2.05, 4.69) is 126 Å². The maximum Gasteiger partial charge on any atom is 0.263 e. The van der Waals surface area contributed by atoms with Crippen LogP contribution in [0.3, 0.4) is 0 Å². The number of hydrogen-bond donors (Lipinski definition) is 0. The van der Waals surface area contributed by atoms with E-state index >= 15 is 0 Å². The van der Waals surface area contributed by atoms with Gasteiger partial charge in [-0.25, -0.2) is 4.98 Å². The molecule has 0 saturated carbocycles. The summed E-state index contributed by atoms with van der Waals surface area (Å²) in [5.74, 6) is 0.852. The smallest absolute Gasteiger partial charge is 0.263 e. The molecule has 0 unspecified atom stereocenters. The Morgan fingerprint density at radius 1 is 0.370 bits per heavy atom. The van der Waals surface area contributed by atoms with Crippen LogP contribution < -0.4 is 5.56 Å². The van der Waals surface area contributed by atoms with E-state index in [1.165, 1.54) is 32.3 Å². The predicted octanol–water partition coefficient (Wildman–Crippen LogP) is 12.3. The zero-order chi connectivity index (χ0) is 35.8. The van der Waals surface area contributed by atoms with Gasteiger partial charge in [0.2, 0.25) is 0 Å². The van der Waals surface area contributed by atoms with E-state index in [1.54, 1.807) is 0 Å². The molecule has 0 amide bonds. The molecule has 54 heavy (non-hydrogen) atoms. The quantitative estimate of drug-likeness (QED) is 0.136. The van der Waals surface area contributed by atoms with Crippen LogP contribution in [0.15, 0.2) is 193 Å². The van der Waals surface area contributed by atoms with Gasteiger partial charge in [-0.3, -0.25) is 13.9 Å². The van der Waals surface area contributed by atoms with Crippen molar-refractivity contribution in [2.45, 2.75) is 0 Å². The van der Waals surface area contributed by atoms with E-state index in [1.807, 2.05) is 71.3 Å². The molecule has 0 radical (unpaired) electrons. The lowest BCUT2D eigenvalue weighted by atomic mass is 9.92. The summed E-state index contributed by atoms with van der Waals surface area (Å²) < 4.78 is 4.05. The summed E-state index contributed by atoms with van der Waals surface area (Å²) in [5.41, 5.74) is 7.89. The highest BCUT2D eigenvalue weighted by Gasteiger charge is 2.17. The Kier molecular flexibility index (Phi) is 6.67. The largest absolute Gasteiger partial charge is 0.292 e. The van der Waals surface area contributed by atoms with Crippen LogP contribution in [0, 0.1) is 0 Å². The van der Waals surface area contributed by atoms with Crippen LogP contribution in [0.4, 0.5) is 0 Å². The molecule has 11 rings (SSSR count). The Morgan fingerprint density at radius 2 is 1.04 bits per heavy atom. The first kappa shape index (κ1) is 30.3. The molecule has 2 heterocycles. The SMILES string of the molecule is O=c1c2ccccc2c2cc(-c3cccc4c3ccc3cc5ccccc5cc34)ccc2n1-c1ccc(-c2nc3ccccc3n2-c2ccccc2)cc1. The molecule has 0 bridgehead atoms. The number of benzene rings is 9. The number of rotatable bonds is 4. The van der Waals surface area contributed by atoms with Crippen LogP contribution in [0.2, 0.25) is 0 Å². The Labute approximate surface area is 310 Å². The fraction of sp³-hybridized carbons (Fsp3) is 0. The average molecular weight is 690 g/mol. The molecular formula is C50H31N3O. The van der Waals surface area contributed by atoms with Crippen LogP contribution >= 0.6 is 0 Å². The fourth-order valence-electron chi connectivity index (χ4n) is 8.36.